The van der Waals surface area contributed by atoms with Crippen molar-refractivity contribution in [3.8, 4) is 0 Å². The van der Waals surface area contributed by atoms with E-state index in [0.29, 0.717) is 5.56 Å². The number of rotatable bonds is 10. The Bertz CT molecular complexity index is 725. The molecule has 0 bridgehead atoms. The lowest BCUT2D eigenvalue weighted by molar-refractivity contribution is -0.148. The number of hydrogen-bond acceptors (Lipinski definition) is 5. The summed E-state index contributed by atoms with van der Waals surface area (Å²) in [6.07, 6.45) is -0.0330. The van der Waals surface area contributed by atoms with Crippen molar-refractivity contribution in [3.63, 3.8) is 0 Å². The Hall–Kier alpha value is -2.97. The molecule has 0 spiro atoms. The van der Waals surface area contributed by atoms with E-state index in [1.54, 1.807) is 19.9 Å². The summed E-state index contributed by atoms with van der Waals surface area (Å²) in [5, 5.41) is 4.93. The van der Waals surface area contributed by atoms with E-state index >= 15 is 0 Å². The predicted octanol–water partition coefficient (Wildman–Crippen LogP) is 0.432. The number of carbonyl (C=O) groups excluding carboxylic acids is 4. The van der Waals surface area contributed by atoms with Crippen molar-refractivity contribution in [2.24, 2.45) is 11.7 Å². The molecule has 1 aromatic rings. The Morgan fingerprint density at radius 2 is 1.86 bits per heavy atom. The van der Waals surface area contributed by atoms with E-state index < -0.39 is 47.5 Å². The fourth-order valence-electron chi connectivity index (χ4n) is 2.61. The highest BCUT2D eigenvalue weighted by Gasteiger charge is 2.28. The first-order valence-electron chi connectivity index (χ1n) is 8.91. The van der Waals surface area contributed by atoms with Gasteiger partial charge in [0.2, 0.25) is 17.7 Å². The summed E-state index contributed by atoms with van der Waals surface area (Å²) in [5.41, 5.74) is 5.83. The largest absolute Gasteiger partial charge is 0.466 e. The zero-order valence-electron chi connectivity index (χ0n) is 16.2. The summed E-state index contributed by atoms with van der Waals surface area (Å²) in [5.74, 6) is -3.61. The van der Waals surface area contributed by atoms with Crippen LogP contribution in [0.15, 0.2) is 24.3 Å². The maximum Gasteiger partial charge on any atom is 0.308 e. The highest BCUT2D eigenvalue weighted by molar-refractivity contribution is 5.91. The number of hydrogen-bond donors (Lipinski definition) is 3. The maximum absolute atomic E-state index is 13.4. The SMILES string of the molecule is CCOC(=O)[C@@H](C)C[C@@H](NC(=O)[C@@H](Cc1cccc(F)c1)NC(C)=O)C(N)=O. The first kappa shape index (κ1) is 23.1. The minimum Gasteiger partial charge on any atom is -0.466 e. The first-order chi connectivity index (χ1) is 13.1. The average Bonchev–Trinajstić information content (AvgIpc) is 2.60. The molecule has 0 aliphatic carbocycles. The minimum absolute atomic E-state index is 0.0160. The molecule has 0 aromatic heterocycles. The molecule has 0 unspecified atom stereocenters. The van der Waals surface area contributed by atoms with Gasteiger partial charge in [0.05, 0.1) is 12.5 Å². The zero-order chi connectivity index (χ0) is 21.3. The number of carbonyl (C=O) groups is 4. The maximum atomic E-state index is 13.4. The number of ether oxygens (including phenoxy) is 1. The van der Waals surface area contributed by atoms with Gasteiger partial charge in [-0.15, -0.1) is 0 Å². The van der Waals surface area contributed by atoms with E-state index in [1.807, 2.05) is 0 Å². The summed E-state index contributed by atoms with van der Waals surface area (Å²) in [7, 11) is 0. The summed E-state index contributed by atoms with van der Waals surface area (Å²) in [6.45, 7) is 4.63. The number of esters is 1. The summed E-state index contributed by atoms with van der Waals surface area (Å²) in [4.78, 5) is 47.5. The molecule has 0 aliphatic rings. The number of amides is 3. The molecule has 0 heterocycles. The van der Waals surface area contributed by atoms with Crippen LogP contribution in [0, 0.1) is 11.7 Å². The molecule has 0 saturated carbocycles. The van der Waals surface area contributed by atoms with Crippen molar-refractivity contribution in [1.82, 2.24) is 10.6 Å². The Kier molecular flexibility index (Phi) is 9.07. The molecule has 0 aliphatic heterocycles. The van der Waals surface area contributed by atoms with E-state index in [9.17, 15) is 23.6 Å². The molecule has 0 saturated heterocycles. The Balaban J connectivity index is 2.88. The van der Waals surface area contributed by atoms with Gasteiger partial charge in [0, 0.05) is 13.3 Å². The second kappa shape index (κ2) is 11.0. The van der Waals surface area contributed by atoms with Crippen molar-refractivity contribution < 1.29 is 28.3 Å². The number of primary amides is 1. The number of halogens is 1. The van der Waals surface area contributed by atoms with Gasteiger partial charge in [0.1, 0.15) is 17.9 Å². The molecule has 4 N–H and O–H groups in total. The molecule has 1 aromatic carbocycles. The molecule has 154 valence electrons. The van der Waals surface area contributed by atoms with Gasteiger partial charge in [-0.2, -0.15) is 0 Å². The van der Waals surface area contributed by atoms with Crippen LogP contribution in [-0.4, -0.2) is 42.4 Å². The molecular formula is C19H26FN3O5. The smallest absolute Gasteiger partial charge is 0.308 e. The van der Waals surface area contributed by atoms with E-state index in [4.69, 9.17) is 10.5 Å². The van der Waals surface area contributed by atoms with Crippen molar-refractivity contribution in [2.45, 2.75) is 45.7 Å². The molecule has 3 amide bonds. The van der Waals surface area contributed by atoms with Gasteiger partial charge in [0.15, 0.2) is 0 Å². The number of benzene rings is 1. The van der Waals surface area contributed by atoms with Gasteiger partial charge in [-0.05, 0) is 31.0 Å². The molecule has 3 atom stereocenters. The lowest BCUT2D eigenvalue weighted by Crippen LogP contribution is -2.54. The molecule has 0 fully saturated rings. The van der Waals surface area contributed by atoms with Crippen molar-refractivity contribution in [2.75, 3.05) is 6.61 Å². The van der Waals surface area contributed by atoms with Crippen LogP contribution >= 0.6 is 0 Å². The normalized spacial score (nSPS) is 13.7. The van der Waals surface area contributed by atoms with Crippen molar-refractivity contribution >= 4 is 23.7 Å². The minimum atomic E-state index is -1.13. The molecular weight excluding hydrogens is 369 g/mol. The van der Waals surface area contributed by atoms with Gasteiger partial charge >= 0.3 is 5.97 Å². The highest BCUT2D eigenvalue weighted by atomic mass is 19.1. The van der Waals surface area contributed by atoms with Crippen molar-refractivity contribution in [1.29, 1.82) is 0 Å². The Morgan fingerprint density at radius 3 is 2.39 bits per heavy atom. The Morgan fingerprint density at radius 1 is 1.18 bits per heavy atom. The molecule has 8 nitrogen and oxygen atoms in total. The van der Waals surface area contributed by atoms with E-state index in [2.05, 4.69) is 10.6 Å². The second-order valence-corrected chi connectivity index (χ2v) is 6.44. The first-order valence-corrected chi connectivity index (χ1v) is 8.91. The van der Waals surface area contributed by atoms with Crippen LogP contribution in [0.4, 0.5) is 4.39 Å². The van der Waals surface area contributed by atoms with E-state index in [0.717, 1.165) is 0 Å². The van der Waals surface area contributed by atoms with Crippen LogP contribution in [0.2, 0.25) is 0 Å². The standard InChI is InChI=1S/C19H26FN3O5/c1-4-28-19(27)11(2)8-15(17(21)25)23-18(26)16(22-12(3)24)10-13-6-5-7-14(20)9-13/h5-7,9,11,15-16H,4,8,10H2,1-3H3,(H2,21,25)(H,22,24)(H,23,26)/t11-,15+,16+/m0/s1. The van der Waals surface area contributed by atoms with Crippen LogP contribution in [0.3, 0.4) is 0 Å². The van der Waals surface area contributed by atoms with Crippen LogP contribution in [0.5, 0.6) is 0 Å². The van der Waals surface area contributed by atoms with E-state index in [-0.39, 0.29) is 19.4 Å². The predicted molar refractivity (Wildman–Crippen MR) is 99.2 cm³/mol. The van der Waals surface area contributed by atoms with Crippen LogP contribution < -0.4 is 16.4 Å². The lowest BCUT2D eigenvalue weighted by atomic mass is 10.00. The van der Waals surface area contributed by atoms with Gasteiger partial charge in [-0.1, -0.05) is 19.1 Å². The summed E-state index contributed by atoms with van der Waals surface area (Å²) in [6, 6.07) is 3.43. The average molecular weight is 395 g/mol. The third kappa shape index (κ3) is 7.73. The topological polar surface area (TPSA) is 128 Å². The number of nitrogens with two attached hydrogens (primary N) is 1. The quantitative estimate of drug-likeness (QED) is 0.495. The summed E-state index contributed by atoms with van der Waals surface area (Å²) < 4.78 is 18.3. The summed E-state index contributed by atoms with van der Waals surface area (Å²) >= 11 is 0. The lowest BCUT2D eigenvalue weighted by Gasteiger charge is -2.23. The molecule has 1 rings (SSSR count). The van der Waals surface area contributed by atoms with E-state index in [1.165, 1.54) is 25.1 Å². The van der Waals surface area contributed by atoms with Crippen molar-refractivity contribution in [3.05, 3.63) is 35.6 Å². The van der Waals surface area contributed by atoms with Crippen LogP contribution in [0.25, 0.3) is 0 Å². The third-order valence-electron chi connectivity index (χ3n) is 3.96. The monoisotopic (exact) mass is 395 g/mol. The second-order valence-electron chi connectivity index (χ2n) is 6.44. The zero-order valence-corrected chi connectivity index (χ0v) is 16.2. The molecule has 0 radical (unpaired) electrons. The highest BCUT2D eigenvalue weighted by Crippen LogP contribution is 2.11. The fourth-order valence-corrected chi connectivity index (χ4v) is 2.61. The van der Waals surface area contributed by atoms with Gasteiger partial charge in [-0.3, -0.25) is 19.2 Å². The van der Waals surface area contributed by atoms with Crippen LogP contribution in [0.1, 0.15) is 32.8 Å². The molecule has 9 heteroatoms. The van der Waals surface area contributed by atoms with Gasteiger partial charge < -0.3 is 21.1 Å². The van der Waals surface area contributed by atoms with Gasteiger partial charge in [0.25, 0.3) is 0 Å². The van der Waals surface area contributed by atoms with Gasteiger partial charge in [-0.25, -0.2) is 4.39 Å². The molecule has 28 heavy (non-hydrogen) atoms. The fraction of sp³-hybridized carbons (Fsp3) is 0.474. The van der Waals surface area contributed by atoms with Crippen LogP contribution in [-0.2, 0) is 30.3 Å². The third-order valence-corrected chi connectivity index (χ3v) is 3.96. The Labute approximate surface area is 163 Å². The number of nitrogens with one attached hydrogen (secondary N) is 2.